The lowest BCUT2D eigenvalue weighted by atomic mass is 10.0. The van der Waals surface area contributed by atoms with E-state index in [2.05, 4.69) is 35.1 Å². The van der Waals surface area contributed by atoms with Crippen LogP contribution in [0.4, 0.5) is 0 Å². The van der Waals surface area contributed by atoms with Crippen molar-refractivity contribution in [3.63, 3.8) is 0 Å². The minimum Gasteiger partial charge on any atom is -0.336 e. The smallest absolute Gasteiger partial charge is 0.254 e. The SMILES string of the molecule is C[C@H](Sc1nncn1C)c1cccc(CC(=O)c2cc(C(=O)N3CCC[C@H]3C)ccn2)c1. The maximum Gasteiger partial charge on any atom is 0.254 e. The topological polar surface area (TPSA) is 81.0 Å². The zero-order chi connectivity index (χ0) is 22.7. The molecule has 0 spiro atoms. The Hall–Kier alpha value is -3.00. The van der Waals surface area contributed by atoms with Crippen LogP contribution < -0.4 is 0 Å². The van der Waals surface area contributed by atoms with E-state index in [4.69, 9.17) is 0 Å². The van der Waals surface area contributed by atoms with Crippen molar-refractivity contribution in [1.29, 1.82) is 0 Å². The van der Waals surface area contributed by atoms with Gasteiger partial charge in [-0.05, 0) is 49.9 Å². The Morgan fingerprint density at radius 1 is 1.25 bits per heavy atom. The van der Waals surface area contributed by atoms with E-state index in [-0.39, 0.29) is 29.4 Å². The van der Waals surface area contributed by atoms with Gasteiger partial charge in [0.15, 0.2) is 10.9 Å². The normalized spacial score (nSPS) is 16.8. The van der Waals surface area contributed by atoms with Gasteiger partial charge in [-0.2, -0.15) is 0 Å². The highest BCUT2D eigenvalue weighted by molar-refractivity contribution is 7.99. The maximum absolute atomic E-state index is 12.9. The predicted molar refractivity (Wildman–Crippen MR) is 124 cm³/mol. The molecule has 1 aliphatic heterocycles. The lowest BCUT2D eigenvalue weighted by Gasteiger charge is -2.21. The number of aromatic nitrogens is 4. The number of nitrogens with zero attached hydrogens (tertiary/aromatic N) is 5. The summed E-state index contributed by atoms with van der Waals surface area (Å²) in [5.74, 6) is -0.122. The number of hydrogen-bond donors (Lipinski definition) is 0. The van der Waals surface area contributed by atoms with Crippen molar-refractivity contribution in [2.45, 2.75) is 49.6 Å². The van der Waals surface area contributed by atoms with Crippen LogP contribution >= 0.6 is 11.8 Å². The van der Waals surface area contributed by atoms with Gasteiger partial charge in [-0.15, -0.1) is 10.2 Å². The number of aryl methyl sites for hydroxylation is 1. The fraction of sp³-hybridized carbons (Fsp3) is 0.375. The Bertz CT molecular complexity index is 1130. The first-order valence-corrected chi connectivity index (χ1v) is 11.7. The second kappa shape index (κ2) is 9.65. The molecule has 3 heterocycles. The summed E-state index contributed by atoms with van der Waals surface area (Å²) >= 11 is 1.62. The third kappa shape index (κ3) is 4.91. The van der Waals surface area contributed by atoms with Crippen LogP contribution in [0.25, 0.3) is 0 Å². The highest BCUT2D eigenvalue weighted by atomic mass is 32.2. The van der Waals surface area contributed by atoms with Crippen molar-refractivity contribution >= 4 is 23.5 Å². The number of pyridine rings is 1. The standard InChI is InChI=1S/C24H27N5O2S/c1-16-6-5-11-29(16)23(31)20-9-10-25-21(14-20)22(30)13-18-7-4-8-19(12-18)17(2)32-24-27-26-15-28(24)3/h4,7-10,12,14-17H,5-6,11,13H2,1-3H3/t16-,17+/m1/s1. The number of Topliss-reactive ketones (excluding diaryl/α,β-unsaturated/α-hetero) is 1. The monoisotopic (exact) mass is 449 g/mol. The first kappa shape index (κ1) is 22.2. The molecule has 0 bridgehead atoms. The highest BCUT2D eigenvalue weighted by Crippen LogP contribution is 2.33. The molecule has 0 saturated carbocycles. The van der Waals surface area contributed by atoms with Gasteiger partial charge in [-0.1, -0.05) is 36.0 Å². The third-order valence-corrected chi connectivity index (χ3v) is 7.05. The summed E-state index contributed by atoms with van der Waals surface area (Å²) in [6.07, 6.45) is 5.51. The summed E-state index contributed by atoms with van der Waals surface area (Å²) in [6.45, 7) is 4.94. The number of hydrogen-bond acceptors (Lipinski definition) is 6. The van der Waals surface area contributed by atoms with Crippen LogP contribution in [0.3, 0.4) is 0 Å². The molecule has 1 aromatic carbocycles. The molecule has 1 saturated heterocycles. The van der Waals surface area contributed by atoms with Gasteiger partial charge in [-0.3, -0.25) is 14.6 Å². The van der Waals surface area contributed by atoms with Gasteiger partial charge in [-0.25, -0.2) is 0 Å². The number of carbonyl (C=O) groups excluding carboxylic acids is 2. The van der Waals surface area contributed by atoms with E-state index in [1.54, 1.807) is 36.4 Å². The average Bonchev–Trinajstić information content (AvgIpc) is 3.41. The second-order valence-electron chi connectivity index (χ2n) is 8.25. The van der Waals surface area contributed by atoms with Gasteiger partial charge < -0.3 is 9.47 Å². The van der Waals surface area contributed by atoms with E-state index >= 15 is 0 Å². The van der Waals surface area contributed by atoms with Gasteiger partial charge in [0.25, 0.3) is 5.91 Å². The van der Waals surface area contributed by atoms with Crippen LogP contribution in [0, 0.1) is 0 Å². The van der Waals surface area contributed by atoms with Gasteiger partial charge >= 0.3 is 0 Å². The number of ketones is 1. The fourth-order valence-corrected chi connectivity index (χ4v) is 4.86. The minimum absolute atomic E-state index is 0.0249. The molecule has 0 N–H and O–H groups in total. The lowest BCUT2D eigenvalue weighted by Crippen LogP contribution is -2.33. The van der Waals surface area contributed by atoms with E-state index in [0.29, 0.717) is 11.3 Å². The van der Waals surface area contributed by atoms with Crippen molar-refractivity contribution in [3.05, 3.63) is 71.3 Å². The lowest BCUT2D eigenvalue weighted by molar-refractivity contribution is 0.0747. The second-order valence-corrected chi connectivity index (χ2v) is 9.56. The van der Waals surface area contributed by atoms with Crippen molar-refractivity contribution in [1.82, 2.24) is 24.6 Å². The molecule has 166 valence electrons. The maximum atomic E-state index is 12.9. The largest absolute Gasteiger partial charge is 0.336 e. The Labute approximate surface area is 192 Å². The fourth-order valence-electron chi connectivity index (χ4n) is 3.95. The Balaban J connectivity index is 1.45. The number of likely N-dealkylation sites (tertiary alicyclic amines) is 1. The molecule has 1 aliphatic rings. The summed E-state index contributed by atoms with van der Waals surface area (Å²) in [6, 6.07) is 11.6. The van der Waals surface area contributed by atoms with Crippen LogP contribution in [0.5, 0.6) is 0 Å². The Morgan fingerprint density at radius 2 is 2.09 bits per heavy atom. The molecule has 2 atom stereocenters. The quantitative estimate of drug-likeness (QED) is 0.399. The molecule has 1 fully saturated rings. The predicted octanol–water partition coefficient (Wildman–Crippen LogP) is 4.11. The molecular formula is C24H27N5O2S. The average molecular weight is 450 g/mol. The summed E-state index contributed by atoms with van der Waals surface area (Å²) in [5.41, 5.74) is 2.89. The molecule has 32 heavy (non-hydrogen) atoms. The van der Waals surface area contributed by atoms with E-state index in [0.717, 1.165) is 35.7 Å². The van der Waals surface area contributed by atoms with Crippen LogP contribution in [0.1, 0.15) is 63.9 Å². The zero-order valence-corrected chi connectivity index (χ0v) is 19.4. The van der Waals surface area contributed by atoms with Crippen LogP contribution in [0.2, 0.25) is 0 Å². The Kier molecular flexibility index (Phi) is 6.69. The van der Waals surface area contributed by atoms with Crippen molar-refractivity contribution in [3.8, 4) is 0 Å². The minimum atomic E-state index is -0.0973. The first-order valence-electron chi connectivity index (χ1n) is 10.8. The van der Waals surface area contributed by atoms with Gasteiger partial charge in [0.2, 0.25) is 0 Å². The molecule has 0 unspecified atom stereocenters. The van der Waals surface area contributed by atoms with Crippen LogP contribution in [0.15, 0.2) is 54.1 Å². The highest BCUT2D eigenvalue weighted by Gasteiger charge is 2.26. The van der Waals surface area contributed by atoms with Crippen LogP contribution in [-0.2, 0) is 13.5 Å². The van der Waals surface area contributed by atoms with Gasteiger partial charge in [0.05, 0.1) is 0 Å². The van der Waals surface area contributed by atoms with Crippen molar-refractivity contribution in [2.75, 3.05) is 6.54 Å². The van der Waals surface area contributed by atoms with E-state index < -0.39 is 0 Å². The molecule has 7 nitrogen and oxygen atoms in total. The molecule has 1 amide bonds. The number of thioether (sulfide) groups is 1. The Morgan fingerprint density at radius 3 is 2.81 bits per heavy atom. The molecule has 3 aromatic rings. The van der Waals surface area contributed by atoms with Gasteiger partial charge in [0.1, 0.15) is 12.0 Å². The molecule has 4 rings (SSSR count). The summed E-state index contributed by atoms with van der Waals surface area (Å²) < 4.78 is 1.89. The van der Waals surface area contributed by atoms with E-state index in [9.17, 15) is 9.59 Å². The molecular weight excluding hydrogens is 422 g/mol. The summed E-state index contributed by atoms with van der Waals surface area (Å²) in [5, 5.41) is 9.06. The zero-order valence-electron chi connectivity index (χ0n) is 18.6. The molecule has 2 aromatic heterocycles. The number of amides is 1. The summed E-state index contributed by atoms with van der Waals surface area (Å²) in [4.78, 5) is 31.9. The number of rotatable bonds is 7. The molecule has 0 radical (unpaired) electrons. The first-order chi connectivity index (χ1) is 15.4. The third-order valence-electron chi connectivity index (χ3n) is 5.84. The number of carbonyl (C=O) groups is 2. The van der Waals surface area contributed by atoms with E-state index in [1.165, 1.54) is 0 Å². The summed E-state index contributed by atoms with van der Waals surface area (Å²) in [7, 11) is 1.92. The van der Waals surface area contributed by atoms with Crippen molar-refractivity contribution < 1.29 is 9.59 Å². The molecule has 0 aliphatic carbocycles. The van der Waals surface area contributed by atoms with Crippen LogP contribution in [-0.4, -0.2) is 48.9 Å². The van der Waals surface area contributed by atoms with Crippen molar-refractivity contribution in [2.24, 2.45) is 7.05 Å². The number of benzene rings is 1. The molecule has 8 heteroatoms. The van der Waals surface area contributed by atoms with E-state index in [1.807, 2.05) is 34.7 Å². The van der Waals surface area contributed by atoms with Gasteiger partial charge in [0, 0.05) is 43.1 Å².